The third kappa shape index (κ3) is 3.39. The summed E-state index contributed by atoms with van der Waals surface area (Å²) in [5.74, 6) is -0.133. The van der Waals surface area contributed by atoms with Crippen LogP contribution in [0.4, 0.5) is 0 Å². The molecule has 138 valence electrons. The Hall–Kier alpha value is -1.81. The number of sulfonamides is 1. The second-order valence-corrected chi connectivity index (χ2v) is 9.26. The summed E-state index contributed by atoms with van der Waals surface area (Å²) in [5.41, 5.74) is 1.08. The zero-order valence-electron chi connectivity index (χ0n) is 14.4. The first kappa shape index (κ1) is 17.6. The van der Waals surface area contributed by atoms with Crippen LogP contribution in [0.5, 0.6) is 0 Å². The Morgan fingerprint density at radius 1 is 1.23 bits per heavy atom. The molecule has 0 radical (unpaired) electrons. The average Bonchev–Trinajstić information content (AvgIpc) is 3.32. The summed E-state index contributed by atoms with van der Waals surface area (Å²) in [6.07, 6.45) is 1.81. The number of hydrogen-bond acceptors (Lipinski definition) is 7. The summed E-state index contributed by atoms with van der Waals surface area (Å²) in [7, 11) is -3.43. The largest absolute Gasteiger partial charge is 0.356 e. The molecule has 0 amide bonds. The van der Waals surface area contributed by atoms with Crippen molar-refractivity contribution < 1.29 is 12.9 Å². The van der Waals surface area contributed by atoms with Crippen LogP contribution in [0.2, 0.25) is 0 Å². The van der Waals surface area contributed by atoms with E-state index in [-0.39, 0.29) is 11.8 Å². The molecule has 1 unspecified atom stereocenters. The highest BCUT2D eigenvalue weighted by molar-refractivity contribution is 7.88. The highest BCUT2D eigenvalue weighted by Crippen LogP contribution is 2.25. The van der Waals surface area contributed by atoms with Gasteiger partial charge in [0.2, 0.25) is 10.0 Å². The Morgan fingerprint density at radius 2 is 2.00 bits per heavy atom. The van der Waals surface area contributed by atoms with Crippen LogP contribution in [0.15, 0.2) is 40.4 Å². The van der Waals surface area contributed by atoms with E-state index < -0.39 is 10.0 Å². The van der Waals surface area contributed by atoms with Gasteiger partial charge in [0, 0.05) is 43.1 Å². The maximum Gasteiger partial charge on any atom is 0.220 e. The number of hydrogen-bond donors (Lipinski definition) is 0. The van der Waals surface area contributed by atoms with Gasteiger partial charge in [-0.05, 0) is 19.1 Å². The molecule has 1 saturated heterocycles. The average molecular weight is 393 g/mol. The van der Waals surface area contributed by atoms with Gasteiger partial charge in [0.05, 0.1) is 6.04 Å². The van der Waals surface area contributed by atoms with Crippen LogP contribution < -0.4 is 0 Å². The van der Waals surface area contributed by atoms with Crippen molar-refractivity contribution in [3.05, 3.63) is 46.5 Å². The van der Waals surface area contributed by atoms with Gasteiger partial charge in [0.15, 0.2) is 5.58 Å². The lowest BCUT2D eigenvalue weighted by Gasteiger charge is -2.36. The van der Waals surface area contributed by atoms with Gasteiger partial charge in [-0.15, -0.1) is 11.3 Å². The molecule has 2 aromatic heterocycles. The second kappa shape index (κ2) is 7.07. The molecule has 0 bridgehead atoms. The predicted octanol–water partition coefficient (Wildman–Crippen LogP) is 2.49. The Balaban J connectivity index is 1.43. The van der Waals surface area contributed by atoms with Crippen molar-refractivity contribution in [2.45, 2.75) is 18.7 Å². The van der Waals surface area contributed by atoms with E-state index in [1.165, 1.54) is 0 Å². The summed E-state index contributed by atoms with van der Waals surface area (Å²) in [4.78, 5) is 6.64. The topological polar surface area (TPSA) is 79.5 Å². The number of aromatic nitrogens is 2. The van der Waals surface area contributed by atoms with Gasteiger partial charge in [-0.3, -0.25) is 4.90 Å². The summed E-state index contributed by atoms with van der Waals surface area (Å²) >= 11 is 1.63. The highest BCUT2D eigenvalue weighted by Gasteiger charge is 2.31. The minimum atomic E-state index is -3.43. The molecule has 3 heterocycles. The summed E-state index contributed by atoms with van der Waals surface area (Å²) < 4.78 is 32.4. The molecule has 1 aliphatic heterocycles. The lowest BCUT2D eigenvalue weighted by Crippen LogP contribution is -2.49. The van der Waals surface area contributed by atoms with E-state index >= 15 is 0 Å². The van der Waals surface area contributed by atoms with Crippen molar-refractivity contribution in [1.29, 1.82) is 0 Å². The van der Waals surface area contributed by atoms with E-state index in [9.17, 15) is 8.42 Å². The fraction of sp³-hybridized carbons (Fsp3) is 0.412. The molecular weight excluding hydrogens is 372 g/mol. The SMILES string of the molecule is CC(c1nccs1)N1CCN(S(=O)(=O)Cc2noc3ccccc23)CC1. The van der Waals surface area contributed by atoms with Crippen LogP contribution in [-0.2, 0) is 15.8 Å². The van der Waals surface area contributed by atoms with Gasteiger partial charge < -0.3 is 4.52 Å². The fourth-order valence-corrected chi connectivity index (χ4v) is 5.46. The van der Waals surface area contributed by atoms with Crippen LogP contribution >= 0.6 is 11.3 Å². The number of para-hydroxylation sites is 1. The van der Waals surface area contributed by atoms with Crippen molar-refractivity contribution in [3.8, 4) is 0 Å². The van der Waals surface area contributed by atoms with Gasteiger partial charge in [-0.2, -0.15) is 4.31 Å². The Bertz CT molecular complexity index is 977. The molecule has 0 saturated carbocycles. The fourth-order valence-electron chi connectivity index (χ4n) is 3.27. The summed E-state index contributed by atoms with van der Waals surface area (Å²) in [6, 6.07) is 7.53. The molecule has 1 atom stereocenters. The van der Waals surface area contributed by atoms with Gasteiger partial charge in [0.1, 0.15) is 16.5 Å². The summed E-state index contributed by atoms with van der Waals surface area (Å²) in [5, 5.41) is 7.74. The van der Waals surface area contributed by atoms with Crippen molar-refractivity contribution in [2.75, 3.05) is 26.2 Å². The smallest absolute Gasteiger partial charge is 0.220 e. The molecule has 7 nitrogen and oxygen atoms in total. The van der Waals surface area contributed by atoms with E-state index in [4.69, 9.17) is 4.52 Å². The number of benzene rings is 1. The monoisotopic (exact) mass is 392 g/mol. The van der Waals surface area contributed by atoms with E-state index in [1.807, 2.05) is 23.6 Å². The van der Waals surface area contributed by atoms with Crippen LogP contribution in [0, 0.1) is 0 Å². The predicted molar refractivity (Wildman–Crippen MR) is 100 cm³/mol. The lowest BCUT2D eigenvalue weighted by molar-refractivity contribution is 0.145. The molecule has 1 aliphatic rings. The van der Waals surface area contributed by atoms with Crippen LogP contribution in [0.3, 0.4) is 0 Å². The molecule has 1 aromatic carbocycles. The van der Waals surface area contributed by atoms with Crippen molar-refractivity contribution in [1.82, 2.24) is 19.3 Å². The van der Waals surface area contributed by atoms with Gasteiger partial charge in [-0.1, -0.05) is 17.3 Å². The van der Waals surface area contributed by atoms with Gasteiger partial charge in [-0.25, -0.2) is 13.4 Å². The van der Waals surface area contributed by atoms with Gasteiger partial charge in [0.25, 0.3) is 0 Å². The number of thiazole rings is 1. The standard InChI is InChI=1S/C17H20N4O3S2/c1-13(17-18-6-11-25-17)20-7-9-21(10-8-20)26(22,23)12-15-14-4-2-3-5-16(14)24-19-15/h2-6,11,13H,7-10,12H2,1H3. The molecule has 1 fully saturated rings. The first-order valence-electron chi connectivity index (χ1n) is 8.49. The zero-order chi connectivity index (χ0) is 18.1. The maximum absolute atomic E-state index is 12.8. The van der Waals surface area contributed by atoms with Crippen molar-refractivity contribution in [3.63, 3.8) is 0 Å². The Kier molecular flexibility index (Phi) is 4.78. The molecule has 0 aliphatic carbocycles. The first-order valence-corrected chi connectivity index (χ1v) is 11.0. The third-order valence-electron chi connectivity index (χ3n) is 4.79. The van der Waals surface area contributed by atoms with Crippen molar-refractivity contribution in [2.24, 2.45) is 0 Å². The zero-order valence-corrected chi connectivity index (χ0v) is 16.0. The minimum Gasteiger partial charge on any atom is -0.356 e. The maximum atomic E-state index is 12.8. The van der Waals surface area contributed by atoms with E-state index in [2.05, 4.69) is 22.0 Å². The van der Waals surface area contributed by atoms with E-state index in [0.29, 0.717) is 37.5 Å². The van der Waals surface area contributed by atoms with E-state index in [1.54, 1.807) is 27.9 Å². The first-order chi connectivity index (χ1) is 12.5. The molecule has 9 heteroatoms. The third-order valence-corrected chi connectivity index (χ3v) is 7.53. The second-order valence-electron chi connectivity index (χ2n) is 6.36. The minimum absolute atomic E-state index is 0.133. The number of fused-ring (bicyclic) bond motifs is 1. The molecule has 4 rings (SSSR count). The number of piperazine rings is 1. The van der Waals surface area contributed by atoms with Crippen molar-refractivity contribution >= 4 is 32.3 Å². The molecule has 0 N–H and O–H groups in total. The summed E-state index contributed by atoms with van der Waals surface area (Å²) in [6.45, 7) is 4.46. The van der Waals surface area contributed by atoms with Crippen LogP contribution in [0.25, 0.3) is 11.0 Å². The number of nitrogens with zero attached hydrogens (tertiary/aromatic N) is 4. The van der Waals surface area contributed by atoms with Gasteiger partial charge >= 0.3 is 0 Å². The van der Waals surface area contributed by atoms with Crippen LogP contribution in [-0.4, -0.2) is 53.9 Å². The molecular formula is C17H20N4O3S2. The molecule has 0 spiro atoms. The highest BCUT2D eigenvalue weighted by atomic mass is 32.2. The quantitative estimate of drug-likeness (QED) is 0.664. The lowest BCUT2D eigenvalue weighted by atomic mass is 10.2. The molecule has 3 aromatic rings. The Morgan fingerprint density at radius 3 is 2.73 bits per heavy atom. The normalized spacial score (nSPS) is 18.3. The van der Waals surface area contributed by atoms with E-state index in [0.717, 1.165) is 10.4 Å². The molecule has 26 heavy (non-hydrogen) atoms. The Labute approximate surface area is 156 Å². The van der Waals surface area contributed by atoms with Crippen LogP contribution in [0.1, 0.15) is 23.7 Å². The number of rotatable bonds is 5.